The molecule has 2 fully saturated rings. The zero-order valence-electron chi connectivity index (χ0n) is 38.8. The van der Waals surface area contributed by atoms with Gasteiger partial charge in [-0.05, 0) is 80.8 Å². The molecular weight excluding hydrogens is 1060 g/mol. The van der Waals surface area contributed by atoms with Gasteiger partial charge in [0.05, 0.1) is 22.4 Å². The molecule has 8 rings (SSSR count). The summed E-state index contributed by atoms with van der Waals surface area (Å²) >= 11 is 0. The largest absolute Gasteiger partial charge is 1.00 e. The topological polar surface area (TPSA) is 117 Å². The molecule has 3 unspecified atom stereocenters. The molecule has 2 saturated carbocycles. The van der Waals surface area contributed by atoms with Gasteiger partial charge in [-0.1, -0.05) is 43.9 Å². The van der Waals surface area contributed by atoms with E-state index in [4.69, 9.17) is 0 Å². The molecule has 2 aromatic carbocycles. The summed E-state index contributed by atoms with van der Waals surface area (Å²) in [5, 5.41) is 10.0. The van der Waals surface area contributed by atoms with Gasteiger partial charge in [0, 0.05) is 68.6 Å². The van der Waals surface area contributed by atoms with Crippen molar-refractivity contribution < 1.29 is 127 Å². The standard InChI is InChI=1S/C21H20F5N3O2.C20H19F2N3O2.C4H9F3Si.Cs.FH/c1-11-4-5-12(19(2,31)21(24,25)26)8-14(11)15-6-7-16-17(27-15)28(3)18(30)29(16)10-13-9-20(13,22)23;1-11-4-5-13(12(2)26)8-15(11)16-6-7-17-18(23-16)24(3)19(27)25(17)10-14-9-20(14,21)22;1-8(2,3)4(5,6)7;;/h4-8,13,31H,9-10H2,1-3H3;4-8,14H,9-10H2,1-3H3;1-3H3;;1H/q;;;+1;/p-1. The first-order valence-corrected chi connectivity index (χ1v) is 24.2. The van der Waals surface area contributed by atoms with Gasteiger partial charge in [-0.15, -0.1) is 0 Å². The van der Waals surface area contributed by atoms with Crippen LogP contribution in [0.1, 0.15) is 53.7 Å². The zero-order valence-corrected chi connectivity index (χ0v) is 46.0. The summed E-state index contributed by atoms with van der Waals surface area (Å²) in [5.41, 5.74) is 1.59. The Balaban J connectivity index is 0.000000251. The summed E-state index contributed by atoms with van der Waals surface area (Å²) in [6.45, 7) is 9.50. The summed E-state index contributed by atoms with van der Waals surface area (Å²) < 4.78 is 133. The molecule has 0 amide bonds. The average molecular weight is 1110 g/mol. The predicted molar refractivity (Wildman–Crippen MR) is 231 cm³/mol. The van der Waals surface area contributed by atoms with Crippen LogP contribution in [0.25, 0.3) is 44.8 Å². The van der Waals surface area contributed by atoms with Crippen LogP contribution >= 0.6 is 0 Å². The van der Waals surface area contributed by atoms with Crippen LogP contribution in [-0.2, 0) is 32.8 Å². The van der Waals surface area contributed by atoms with Crippen LogP contribution in [0.4, 0.5) is 43.9 Å². The van der Waals surface area contributed by atoms with Crippen LogP contribution in [0.5, 0.6) is 0 Å². The second-order valence-electron chi connectivity index (χ2n) is 18.2. The molecule has 0 radical (unpaired) electrons. The van der Waals surface area contributed by atoms with E-state index in [1.807, 2.05) is 13.0 Å². The van der Waals surface area contributed by atoms with E-state index in [2.05, 4.69) is 9.97 Å². The maximum absolute atomic E-state index is 13.3. The van der Waals surface area contributed by atoms with Gasteiger partial charge < -0.3 is 9.81 Å². The second-order valence-corrected chi connectivity index (χ2v) is 23.3. The monoisotopic (exact) mass is 1110 g/mol. The number of carbonyl (C=O) groups is 1. The Kier molecular flexibility index (Phi) is 16.7. The van der Waals surface area contributed by atoms with Crippen LogP contribution in [-0.4, -0.2) is 71.0 Å². The fourth-order valence-electron chi connectivity index (χ4n) is 7.06. The number of hydrogen-bond donors (Lipinski definition) is 1. The Morgan fingerprint density at radius 2 is 1.09 bits per heavy atom. The van der Waals surface area contributed by atoms with Crippen molar-refractivity contribution in [1.29, 1.82) is 0 Å². The van der Waals surface area contributed by atoms with Gasteiger partial charge in [0.2, 0.25) is 0 Å². The molecule has 10 nitrogen and oxygen atoms in total. The molecule has 3 atom stereocenters. The van der Waals surface area contributed by atoms with E-state index in [0.29, 0.717) is 51.7 Å². The number of hydrogen-bond acceptors (Lipinski definition) is 6. The molecular formula is C45H48CsF11N6O4Si. The minimum atomic E-state index is -4.87. The number of aryl methyl sites for hydroxylation is 4. The normalized spacial score (nSPS) is 18.0. The number of nitrogens with zero attached hydrogens (tertiary/aromatic N) is 6. The Morgan fingerprint density at radius 1 is 0.721 bits per heavy atom. The first kappa shape index (κ1) is 57.0. The summed E-state index contributed by atoms with van der Waals surface area (Å²) in [4.78, 5) is 45.8. The number of rotatable bonds is 8. The molecule has 4 aromatic heterocycles. The minimum Gasteiger partial charge on any atom is -1.00 e. The van der Waals surface area contributed by atoms with Crippen molar-refractivity contribution in [3.05, 3.63) is 104 Å². The number of alkyl halides is 10. The summed E-state index contributed by atoms with van der Waals surface area (Å²) in [6, 6.07) is 15.9. The van der Waals surface area contributed by atoms with Gasteiger partial charge in [0.25, 0.3) is 11.8 Å². The van der Waals surface area contributed by atoms with Crippen LogP contribution in [0.3, 0.4) is 0 Å². The minimum absolute atomic E-state index is 0. The van der Waals surface area contributed by atoms with Crippen molar-refractivity contribution in [2.24, 2.45) is 25.9 Å². The quantitative estimate of drug-likeness (QED) is 0.139. The zero-order chi connectivity index (χ0) is 49.4. The van der Waals surface area contributed by atoms with Crippen LogP contribution < -0.4 is 85.0 Å². The van der Waals surface area contributed by atoms with Crippen molar-refractivity contribution in [1.82, 2.24) is 28.2 Å². The Morgan fingerprint density at radius 3 is 1.43 bits per heavy atom. The van der Waals surface area contributed by atoms with Gasteiger partial charge >= 0.3 is 92.2 Å². The molecule has 364 valence electrons. The first-order valence-electron chi connectivity index (χ1n) is 20.7. The number of aromatic nitrogens is 6. The van der Waals surface area contributed by atoms with Gasteiger partial charge in [0.15, 0.2) is 30.8 Å². The summed E-state index contributed by atoms with van der Waals surface area (Å²) in [7, 11) is 0.185. The second kappa shape index (κ2) is 19.9. The van der Waals surface area contributed by atoms with Gasteiger partial charge in [-0.2, -0.15) is 26.3 Å². The Labute approximate surface area is 442 Å². The number of fused-ring (bicyclic) bond motifs is 2. The molecule has 23 heteroatoms. The molecule has 4 heterocycles. The van der Waals surface area contributed by atoms with Crippen LogP contribution in [0.2, 0.25) is 19.6 Å². The molecule has 0 bridgehead atoms. The SMILES string of the molecule is CC(=O)c1ccc(C)c(-c2ccc3c(n2)n(C)c(=O)n3CC2CC2(F)F)c1.C[Si](C)(C)C(F)(F)F.Cc1ccc(C(C)(O)C(F)(F)F)cc1-c1ccc2c(n1)n(C)c(=O)n2CC1CC1(F)F.[Cs+].[F-]. The third kappa shape index (κ3) is 11.6. The molecule has 2 aliphatic rings. The van der Waals surface area contributed by atoms with E-state index in [-0.39, 0.29) is 122 Å². The third-order valence-electron chi connectivity index (χ3n) is 12.1. The molecule has 1 N–H and O–H groups in total. The number of ketones is 1. The van der Waals surface area contributed by atoms with Crippen molar-refractivity contribution in [2.45, 2.75) is 103 Å². The Bertz CT molecular complexity index is 2970. The smallest absolute Gasteiger partial charge is 1.00 e. The number of imidazole rings is 2. The van der Waals surface area contributed by atoms with E-state index < -0.39 is 55.0 Å². The first-order chi connectivity index (χ1) is 30.2. The van der Waals surface area contributed by atoms with Crippen LogP contribution in [0.15, 0.2) is 70.3 Å². The third-order valence-corrected chi connectivity index (χ3v) is 13.8. The fraction of sp³-hybridized carbons (Fsp3) is 0.444. The molecule has 68 heavy (non-hydrogen) atoms. The predicted octanol–water partition coefficient (Wildman–Crippen LogP) is 4.14. The number of pyridine rings is 2. The maximum Gasteiger partial charge on any atom is 1.00 e. The van der Waals surface area contributed by atoms with E-state index in [0.717, 1.165) is 11.1 Å². The van der Waals surface area contributed by atoms with E-state index in [1.165, 1.54) is 76.1 Å². The fourth-order valence-corrected chi connectivity index (χ4v) is 7.06. The number of aliphatic hydroxyl groups is 1. The Hall–Kier alpha value is -3.59. The van der Waals surface area contributed by atoms with E-state index >= 15 is 0 Å². The van der Waals surface area contributed by atoms with Gasteiger partial charge in [-0.3, -0.25) is 23.1 Å². The van der Waals surface area contributed by atoms with E-state index in [1.54, 1.807) is 44.3 Å². The molecule has 2 aliphatic carbocycles. The number of Topliss-reactive ketones (excluding diaryl/α,β-unsaturated/α-hetero) is 1. The summed E-state index contributed by atoms with van der Waals surface area (Å²) in [5.74, 6) is -11.1. The number of carbonyl (C=O) groups excluding carboxylic acids is 1. The van der Waals surface area contributed by atoms with Crippen molar-refractivity contribution in [3.63, 3.8) is 0 Å². The van der Waals surface area contributed by atoms with Crippen molar-refractivity contribution in [2.75, 3.05) is 0 Å². The maximum atomic E-state index is 13.3. The number of benzene rings is 2. The van der Waals surface area contributed by atoms with Crippen molar-refractivity contribution >= 4 is 36.2 Å². The average Bonchev–Trinajstić information content (AvgIpc) is 3.98. The molecule has 0 aliphatic heterocycles. The molecule has 6 aromatic rings. The van der Waals surface area contributed by atoms with Gasteiger partial charge in [0.1, 0.15) is 0 Å². The summed E-state index contributed by atoms with van der Waals surface area (Å²) in [6.07, 6.45) is -5.33. The molecule has 0 saturated heterocycles. The van der Waals surface area contributed by atoms with Gasteiger partial charge in [-0.25, -0.2) is 37.1 Å². The van der Waals surface area contributed by atoms with E-state index in [9.17, 15) is 63.4 Å². The number of halogens is 11. The van der Waals surface area contributed by atoms with Crippen molar-refractivity contribution in [3.8, 4) is 22.5 Å². The molecule has 0 spiro atoms. The van der Waals surface area contributed by atoms with Crippen LogP contribution in [0, 0.1) is 25.7 Å².